The molecule has 2 heterocycles. The number of thioether (sulfide) groups is 1. The third kappa shape index (κ3) is 4.50. The minimum Gasteiger partial charge on any atom is -0.444 e. The van der Waals surface area contributed by atoms with E-state index in [0.717, 1.165) is 11.3 Å². The molecule has 0 bridgehead atoms. The van der Waals surface area contributed by atoms with Crippen molar-refractivity contribution in [2.24, 2.45) is 0 Å². The van der Waals surface area contributed by atoms with Crippen molar-refractivity contribution in [2.75, 3.05) is 18.0 Å². The van der Waals surface area contributed by atoms with Crippen LogP contribution in [0.3, 0.4) is 0 Å². The maximum Gasteiger partial charge on any atom is 0.349 e. The normalized spacial score (nSPS) is 15.9. The van der Waals surface area contributed by atoms with Crippen LogP contribution in [0.2, 0.25) is 0 Å². The van der Waals surface area contributed by atoms with E-state index < -0.39 is 17.7 Å². The SMILES string of the molecule is CON(CSC=C1C(=O)OC(C)(C)OC1=O)c1ccc(-c2cnco2)cc1. The molecule has 2 aromatic rings. The van der Waals surface area contributed by atoms with Crippen LogP contribution in [-0.4, -0.2) is 35.7 Å². The largest absolute Gasteiger partial charge is 0.444 e. The van der Waals surface area contributed by atoms with Gasteiger partial charge >= 0.3 is 11.9 Å². The Morgan fingerprint density at radius 1 is 1.19 bits per heavy atom. The second kappa shape index (κ2) is 7.85. The third-order valence-electron chi connectivity index (χ3n) is 3.60. The van der Waals surface area contributed by atoms with Crippen molar-refractivity contribution < 1.29 is 28.3 Å². The zero-order chi connectivity index (χ0) is 19.4. The predicted octanol–water partition coefficient (Wildman–Crippen LogP) is 3.12. The highest BCUT2D eigenvalue weighted by molar-refractivity contribution is 8.02. The van der Waals surface area contributed by atoms with E-state index in [1.165, 1.54) is 44.5 Å². The number of cyclic esters (lactones) is 2. The Hall–Kier alpha value is -2.78. The summed E-state index contributed by atoms with van der Waals surface area (Å²) in [6, 6.07) is 7.48. The second-order valence-corrected chi connectivity index (χ2v) is 6.81. The number of hydrogen-bond acceptors (Lipinski definition) is 9. The van der Waals surface area contributed by atoms with Crippen molar-refractivity contribution in [3.63, 3.8) is 0 Å². The fraction of sp³-hybridized carbons (Fsp3) is 0.278. The van der Waals surface area contributed by atoms with Crippen LogP contribution < -0.4 is 5.06 Å². The number of carbonyl (C=O) groups excluding carboxylic acids is 2. The number of hydrogen-bond donors (Lipinski definition) is 0. The summed E-state index contributed by atoms with van der Waals surface area (Å²) < 4.78 is 15.4. The first-order chi connectivity index (χ1) is 12.9. The molecular formula is C18H18N2O6S. The second-order valence-electron chi connectivity index (χ2n) is 5.98. The Labute approximate surface area is 160 Å². The molecule has 142 valence electrons. The van der Waals surface area contributed by atoms with Gasteiger partial charge in [-0.25, -0.2) is 19.6 Å². The summed E-state index contributed by atoms with van der Waals surface area (Å²) in [5.74, 6) is -1.65. The number of ether oxygens (including phenoxy) is 2. The first-order valence-corrected chi connectivity index (χ1v) is 9.03. The predicted molar refractivity (Wildman–Crippen MR) is 98.2 cm³/mol. The minimum absolute atomic E-state index is 0.143. The first-order valence-electron chi connectivity index (χ1n) is 7.98. The molecule has 0 unspecified atom stereocenters. The monoisotopic (exact) mass is 390 g/mol. The van der Waals surface area contributed by atoms with Gasteiger partial charge in [0.2, 0.25) is 0 Å². The van der Waals surface area contributed by atoms with Crippen LogP contribution in [0.1, 0.15) is 13.8 Å². The first kappa shape index (κ1) is 19.0. The fourth-order valence-corrected chi connectivity index (χ4v) is 3.15. The van der Waals surface area contributed by atoms with Crippen molar-refractivity contribution >= 4 is 29.4 Å². The molecule has 1 aromatic carbocycles. The molecule has 3 rings (SSSR count). The molecule has 0 atom stereocenters. The van der Waals surface area contributed by atoms with E-state index in [1.807, 2.05) is 24.3 Å². The molecule has 1 aliphatic heterocycles. The highest BCUT2D eigenvalue weighted by atomic mass is 32.2. The number of nitrogens with zero attached hydrogens (tertiary/aromatic N) is 2. The van der Waals surface area contributed by atoms with E-state index in [1.54, 1.807) is 11.3 Å². The number of rotatable bonds is 6. The van der Waals surface area contributed by atoms with Gasteiger partial charge in [0.15, 0.2) is 17.7 Å². The lowest BCUT2D eigenvalue weighted by Gasteiger charge is -2.29. The van der Waals surface area contributed by atoms with E-state index in [9.17, 15) is 9.59 Å². The van der Waals surface area contributed by atoms with Gasteiger partial charge in [-0.05, 0) is 29.7 Å². The van der Waals surface area contributed by atoms with Crippen molar-refractivity contribution in [1.82, 2.24) is 4.98 Å². The number of oxazole rings is 1. The van der Waals surface area contributed by atoms with E-state index >= 15 is 0 Å². The Bertz CT molecular complexity index is 823. The third-order valence-corrected chi connectivity index (χ3v) is 4.39. The van der Waals surface area contributed by atoms with Gasteiger partial charge in [0.1, 0.15) is 0 Å². The molecule has 0 N–H and O–H groups in total. The smallest absolute Gasteiger partial charge is 0.349 e. The molecule has 0 saturated carbocycles. The lowest BCUT2D eigenvalue weighted by Crippen LogP contribution is -2.41. The number of hydroxylamine groups is 1. The Balaban J connectivity index is 1.64. The van der Waals surface area contributed by atoms with Gasteiger partial charge in [-0.2, -0.15) is 0 Å². The molecule has 1 saturated heterocycles. The van der Waals surface area contributed by atoms with Crippen LogP contribution in [0.5, 0.6) is 0 Å². The molecule has 0 aliphatic carbocycles. The molecule has 1 aromatic heterocycles. The highest BCUT2D eigenvalue weighted by Gasteiger charge is 2.38. The lowest BCUT2D eigenvalue weighted by atomic mass is 10.2. The summed E-state index contributed by atoms with van der Waals surface area (Å²) in [5.41, 5.74) is 1.54. The van der Waals surface area contributed by atoms with Crippen LogP contribution in [-0.2, 0) is 23.9 Å². The van der Waals surface area contributed by atoms with Crippen molar-refractivity contribution in [2.45, 2.75) is 19.6 Å². The summed E-state index contributed by atoms with van der Waals surface area (Å²) >= 11 is 1.21. The molecule has 9 heteroatoms. The van der Waals surface area contributed by atoms with Gasteiger partial charge in [-0.3, -0.25) is 4.84 Å². The van der Waals surface area contributed by atoms with Crippen LogP contribution in [0, 0.1) is 0 Å². The standard InChI is InChI=1S/C18H18N2O6S/c1-18(2)25-16(21)14(17(22)26-18)9-27-11-20(23-3)13-6-4-12(5-7-13)15-8-19-10-24-15/h4-10H,11H2,1-3H3. The number of esters is 2. The van der Waals surface area contributed by atoms with Gasteiger partial charge < -0.3 is 13.9 Å². The van der Waals surface area contributed by atoms with Gasteiger partial charge in [0, 0.05) is 19.4 Å². The van der Waals surface area contributed by atoms with E-state index in [2.05, 4.69) is 4.98 Å². The van der Waals surface area contributed by atoms with Crippen molar-refractivity contribution in [1.29, 1.82) is 0 Å². The van der Waals surface area contributed by atoms with E-state index in [0.29, 0.717) is 11.6 Å². The molecular weight excluding hydrogens is 372 g/mol. The van der Waals surface area contributed by atoms with Gasteiger partial charge in [-0.1, -0.05) is 0 Å². The summed E-state index contributed by atoms with van der Waals surface area (Å²) in [7, 11) is 1.53. The lowest BCUT2D eigenvalue weighted by molar-refractivity contribution is -0.222. The zero-order valence-electron chi connectivity index (χ0n) is 15.0. The Kier molecular flexibility index (Phi) is 5.52. The molecule has 27 heavy (non-hydrogen) atoms. The van der Waals surface area contributed by atoms with Crippen LogP contribution in [0.4, 0.5) is 5.69 Å². The summed E-state index contributed by atoms with van der Waals surface area (Å²) in [6.45, 7) is 3.00. The molecule has 0 spiro atoms. The summed E-state index contributed by atoms with van der Waals surface area (Å²) in [5, 5.41) is 3.02. The highest BCUT2D eigenvalue weighted by Crippen LogP contribution is 2.27. The molecule has 1 fully saturated rings. The number of benzene rings is 1. The van der Waals surface area contributed by atoms with Gasteiger partial charge in [0.25, 0.3) is 5.79 Å². The Morgan fingerprint density at radius 3 is 2.41 bits per heavy atom. The Morgan fingerprint density at radius 2 is 1.85 bits per heavy atom. The van der Waals surface area contributed by atoms with Crippen LogP contribution in [0.15, 0.2) is 52.3 Å². The molecule has 0 radical (unpaired) electrons. The van der Waals surface area contributed by atoms with Crippen LogP contribution in [0.25, 0.3) is 11.3 Å². The summed E-state index contributed by atoms with van der Waals surface area (Å²) in [6.07, 6.45) is 3.01. The zero-order valence-corrected chi connectivity index (χ0v) is 15.8. The minimum atomic E-state index is -1.25. The molecule has 8 nitrogen and oxygen atoms in total. The average molecular weight is 390 g/mol. The fourth-order valence-electron chi connectivity index (χ4n) is 2.33. The number of carbonyl (C=O) groups is 2. The molecule has 1 aliphatic rings. The van der Waals surface area contributed by atoms with Gasteiger partial charge in [0.05, 0.1) is 24.9 Å². The topological polar surface area (TPSA) is 91.1 Å². The maximum absolute atomic E-state index is 11.9. The molecule has 0 amide bonds. The quantitative estimate of drug-likeness (QED) is 0.242. The van der Waals surface area contributed by atoms with Crippen molar-refractivity contribution in [3.8, 4) is 11.3 Å². The maximum atomic E-state index is 11.9. The van der Waals surface area contributed by atoms with Gasteiger partial charge in [-0.15, -0.1) is 11.8 Å². The van der Waals surface area contributed by atoms with Crippen LogP contribution >= 0.6 is 11.8 Å². The van der Waals surface area contributed by atoms with Crippen molar-refractivity contribution in [3.05, 3.63) is 47.8 Å². The van der Waals surface area contributed by atoms with E-state index in [-0.39, 0.29) is 5.57 Å². The number of aromatic nitrogens is 1. The summed E-state index contributed by atoms with van der Waals surface area (Å²) in [4.78, 5) is 33.1. The number of anilines is 1. The van der Waals surface area contributed by atoms with E-state index in [4.69, 9.17) is 18.7 Å². The average Bonchev–Trinajstić information content (AvgIpc) is 3.14.